The molecule has 0 spiro atoms. The van der Waals surface area contributed by atoms with Gasteiger partial charge in [-0.05, 0) is 48.6 Å². The lowest BCUT2D eigenvalue weighted by atomic mass is 10.1. The predicted molar refractivity (Wildman–Crippen MR) is 103 cm³/mol. The highest BCUT2D eigenvalue weighted by atomic mass is 35.5. The summed E-state index contributed by atoms with van der Waals surface area (Å²) in [6.45, 7) is 0.741. The minimum atomic E-state index is 0.254. The SMILES string of the molecule is COc1ccc(CCNc2nc(Cl)nc3c2ncn3C2CCCC2)cc1. The maximum atomic E-state index is 6.17. The number of nitrogens with zero attached hydrogens (tertiary/aromatic N) is 4. The zero-order valence-corrected chi connectivity index (χ0v) is 15.5. The van der Waals surface area contributed by atoms with Crippen molar-refractivity contribution >= 4 is 28.6 Å². The molecule has 0 saturated heterocycles. The minimum Gasteiger partial charge on any atom is -0.497 e. The highest BCUT2D eigenvalue weighted by molar-refractivity contribution is 6.28. The van der Waals surface area contributed by atoms with Crippen LogP contribution in [0.25, 0.3) is 11.2 Å². The first-order chi connectivity index (χ1) is 12.7. The first-order valence-electron chi connectivity index (χ1n) is 9.01. The minimum absolute atomic E-state index is 0.254. The van der Waals surface area contributed by atoms with Crippen LogP contribution in [0.5, 0.6) is 5.75 Å². The third-order valence-electron chi connectivity index (χ3n) is 4.98. The van der Waals surface area contributed by atoms with Crippen LogP contribution in [-0.2, 0) is 6.42 Å². The quantitative estimate of drug-likeness (QED) is 0.656. The van der Waals surface area contributed by atoms with Crippen LogP contribution >= 0.6 is 11.6 Å². The molecule has 1 N–H and O–H groups in total. The molecular formula is C19H22ClN5O. The average Bonchev–Trinajstić information content (AvgIpc) is 3.31. The molecule has 0 radical (unpaired) electrons. The molecule has 0 bridgehead atoms. The van der Waals surface area contributed by atoms with Gasteiger partial charge in [-0.2, -0.15) is 9.97 Å². The van der Waals surface area contributed by atoms with Crippen LogP contribution in [0, 0.1) is 0 Å². The Morgan fingerprint density at radius 2 is 1.96 bits per heavy atom. The van der Waals surface area contributed by atoms with E-state index in [9.17, 15) is 0 Å². The third-order valence-corrected chi connectivity index (χ3v) is 5.15. The Bertz CT molecular complexity index is 887. The molecule has 0 amide bonds. The molecule has 6 nitrogen and oxygen atoms in total. The summed E-state index contributed by atoms with van der Waals surface area (Å²) in [6.07, 6.45) is 7.61. The zero-order chi connectivity index (χ0) is 17.9. The molecular weight excluding hydrogens is 350 g/mol. The lowest BCUT2D eigenvalue weighted by molar-refractivity contribution is 0.414. The topological polar surface area (TPSA) is 64.9 Å². The molecule has 7 heteroatoms. The summed E-state index contributed by atoms with van der Waals surface area (Å²) in [5.74, 6) is 1.56. The number of methoxy groups -OCH3 is 1. The van der Waals surface area contributed by atoms with E-state index in [0.29, 0.717) is 11.9 Å². The van der Waals surface area contributed by atoms with Gasteiger partial charge in [0.15, 0.2) is 17.0 Å². The van der Waals surface area contributed by atoms with Crippen LogP contribution in [-0.4, -0.2) is 33.2 Å². The van der Waals surface area contributed by atoms with E-state index < -0.39 is 0 Å². The fraction of sp³-hybridized carbons (Fsp3) is 0.421. The second kappa shape index (κ2) is 7.50. The average molecular weight is 372 g/mol. The lowest BCUT2D eigenvalue weighted by Gasteiger charge is -2.12. The van der Waals surface area contributed by atoms with Crippen molar-refractivity contribution in [2.75, 3.05) is 19.0 Å². The molecule has 1 aliphatic rings. The van der Waals surface area contributed by atoms with Gasteiger partial charge in [-0.15, -0.1) is 0 Å². The second-order valence-corrected chi connectivity index (χ2v) is 6.97. The third kappa shape index (κ3) is 3.46. The molecule has 1 saturated carbocycles. The van der Waals surface area contributed by atoms with E-state index in [1.54, 1.807) is 7.11 Å². The van der Waals surface area contributed by atoms with E-state index in [1.807, 2.05) is 18.5 Å². The number of benzene rings is 1. The van der Waals surface area contributed by atoms with Crippen molar-refractivity contribution in [3.05, 3.63) is 41.4 Å². The number of fused-ring (bicyclic) bond motifs is 1. The molecule has 2 aromatic heterocycles. The molecule has 0 unspecified atom stereocenters. The Morgan fingerprint density at radius 1 is 1.19 bits per heavy atom. The van der Waals surface area contributed by atoms with E-state index in [1.165, 1.54) is 31.2 Å². The summed E-state index contributed by atoms with van der Waals surface area (Å²) in [5, 5.41) is 3.62. The van der Waals surface area contributed by atoms with Crippen LogP contribution in [0.2, 0.25) is 5.28 Å². The van der Waals surface area contributed by atoms with Gasteiger partial charge in [0.05, 0.1) is 13.4 Å². The first-order valence-corrected chi connectivity index (χ1v) is 9.39. The summed E-state index contributed by atoms with van der Waals surface area (Å²) in [6, 6.07) is 8.55. The van der Waals surface area contributed by atoms with E-state index >= 15 is 0 Å². The number of anilines is 1. The van der Waals surface area contributed by atoms with Gasteiger partial charge in [0.2, 0.25) is 5.28 Å². The van der Waals surface area contributed by atoms with Crippen LogP contribution < -0.4 is 10.1 Å². The normalized spacial score (nSPS) is 14.8. The van der Waals surface area contributed by atoms with Crippen molar-refractivity contribution in [1.82, 2.24) is 19.5 Å². The Kier molecular flexibility index (Phi) is 4.93. The van der Waals surface area contributed by atoms with E-state index in [4.69, 9.17) is 16.3 Å². The molecule has 26 heavy (non-hydrogen) atoms. The number of aromatic nitrogens is 4. The largest absolute Gasteiger partial charge is 0.497 e. The summed E-state index contributed by atoms with van der Waals surface area (Å²) in [5.41, 5.74) is 2.84. The number of hydrogen-bond acceptors (Lipinski definition) is 5. The molecule has 1 fully saturated rings. The molecule has 136 valence electrons. The van der Waals surface area contributed by atoms with Gasteiger partial charge >= 0.3 is 0 Å². The van der Waals surface area contributed by atoms with Crippen LogP contribution in [0.4, 0.5) is 5.82 Å². The number of halogens is 1. The Balaban J connectivity index is 1.50. The van der Waals surface area contributed by atoms with Crippen LogP contribution in [0.1, 0.15) is 37.3 Å². The Labute approximate surface area is 157 Å². The van der Waals surface area contributed by atoms with Crippen molar-refractivity contribution in [2.24, 2.45) is 0 Å². The standard InChI is InChI=1S/C19H22ClN5O/c1-26-15-8-6-13(7-9-15)10-11-21-17-16-18(24-19(20)23-17)25(12-22-16)14-4-2-3-5-14/h6-9,12,14H,2-5,10-11H2,1H3,(H,21,23,24). The second-order valence-electron chi connectivity index (χ2n) is 6.63. The van der Waals surface area contributed by atoms with Gasteiger partial charge in [-0.25, -0.2) is 4.98 Å². The van der Waals surface area contributed by atoms with Crippen molar-refractivity contribution in [1.29, 1.82) is 0 Å². The fourth-order valence-corrected chi connectivity index (χ4v) is 3.74. The van der Waals surface area contributed by atoms with Crippen molar-refractivity contribution in [3.63, 3.8) is 0 Å². The van der Waals surface area contributed by atoms with Gasteiger partial charge < -0.3 is 14.6 Å². The summed E-state index contributed by atoms with van der Waals surface area (Å²) in [4.78, 5) is 13.3. The monoisotopic (exact) mass is 371 g/mol. The molecule has 3 aromatic rings. The summed E-state index contributed by atoms with van der Waals surface area (Å²) >= 11 is 6.17. The molecule has 0 atom stereocenters. The molecule has 1 aromatic carbocycles. The lowest BCUT2D eigenvalue weighted by Crippen LogP contribution is -2.09. The van der Waals surface area contributed by atoms with Crippen molar-refractivity contribution in [2.45, 2.75) is 38.1 Å². The molecule has 4 rings (SSSR count). The maximum absolute atomic E-state index is 6.17. The van der Waals surface area contributed by atoms with Crippen molar-refractivity contribution in [3.8, 4) is 5.75 Å². The Hall–Kier alpha value is -2.34. The van der Waals surface area contributed by atoms with Gasteiger partial charge in [-0.3, -0.25) is 0 Å². The smallest absolute Gasteiger partial charge is 0.226 e. The number of ether oxygens (including phenoxy) is 1. The molecule has 1 aliphatic carbocycles. The maximum Gasteiger partial charge on any atom is 0.226 e. The number of imidazole rings is 1. The molecule has 0 aliphatic heterocycles. The Morgan fingerprint density at radius 3 is 2.69 bits per heavy atom. The fourth-order valence-electron chi connectivity index (χ4n) is 3.58. The van der Waals surface area contributed by atoms with Gasteiger partial charge in [0.1, 0.15) is 5.75 Å². The van der Waals surface area contributed by atoms with Crippen LogP contribution in [0.3, 0.4) is 0 Å². The zero-order valence-electron chi connectivity index (χ0n) is 14.8. The van der Waals surface area contributed by atoms with E-state index in [2.05, 4.69) is 37.0 Å². The summed E-state index contributed by atoms with van der Waals surface area (Å²) in [7, 11) is 1.67. The predicted octanol–water partition coefficient (Wildman–Crippen LogP) is 4.26. The first kappa shape index (κ1) is 17.1. The number of hydrogen-bond donors (Lipinski definition) is 1. The highest BCUT2D eigenvalue weighted by Crippen LogP contribution is 2.32. The highest BCUT2D eigenvalue weighted by Gasteiger charge is 2.21. The van der Waals surface area contributed by atoms with Gasteiger partial charge in [-0.1, -0.05) is 25.0 Å². The van der Waals surface area contributed by atoms with E-state index in [-0.39, 0.29) is 5.28 Å². The van der Waals surface area contributed by atoms with Crippen molar-refractivity contribution < 1.29 is 4.74 Å². The van der Waals surface area contributed by atoms with Gasteiger partial charge in [0, 0.05) is 12.6 Å². The van der Waals surface area contributed by atoms with Crippen LogP contribution in [0.15, 0.2) is 30.6 Å². The van der Waals surface area contributed by atoms with Gasteiger partial charge in [0.25, 0.3) is 0 Å². The van der Waals surface area contributed by atoms with E-state index in [0.717, 1.165) is 29.9 Å². The summed E-state index contributed by atoms with van der Waals surface area (Å²) < 4.78 is 7.35. The number of nitrogens with one attached hydrogen (secondary N) is 1. The number of rotatable bonds is 6. The molecule has 2 heterocycles.